The summed E-state index contributed by atoms with van der Waals surface area (Å²) < 4.78 is 5.71. The highest BCUT2D eigenvalue weighted by molar-refractivity contribution is 6.42. The van der Waals surface area contributed by atoms with Gasteiger partial charge in [0.1, 0.15) is 23.2 Å². The number of benzene rings is 1. The fourth-order valence-electron chi connectivity index (χ4n) is 2.39. The fraction of sp³-hybridized carbons (Fsp3) is 0.0556. The number of halogens is 2. The standard InChI is InChI=1S/C18H10Cl2N2O3/c1-9-12(17(23)22-18(24)13(9)8-21)7-11-3-5-16(25-11)10-2-4-14(19)15(20)6-10/h2-7H,1H3,(H,22,23,24). The lowest BCUT2D eigenvalue weighted by Gasteiger charge is -2.15. The van der Waals surface area contributed by atoms with Crippen molar-refractivity contribution in [2.45, 2.75) is 6.92 Å². The fourth-order valence-corrected chi connectivity index (χ4v) is 2.69. The van der Waals surface area contributed by atoms with Gasteiger partial charge in [0.05, 0.1) is 10.0 Å². The molecule has 7 heteroatoms. The number of nitrogens with one attached hydrogen (secondary N) is 1. The molecule has 0 aliphatic carbocycles. The molecule has 0 radical (unpaired) electrons. The van der Waals surface area contributed by atoms with Crippen LogP contribution in [0.3, 0.4) is 0 Å². The zero-order chi connectivity index (χ0) is 18.1. The van der Waals surface area contributed by atoms with E-state index in [4.69, 9.17) is 32.9 Å². The third-order valence-corrected chi connectivity index (χ3v) is 4.45. The maximum Gasteiger partial charge on any atom is 0.269 e. The zero-order valence-electron chi connectivity index (χ0n) is 12.9. The number of carbonyl (C=O) groups excluding carboxylic acids is 2. The molecule has 1 aliphatic rings. The van der Waals surface area contributed by atoms with Crippen molar-refractivity contribution in [1.82, 2.24) is 5.32 Å². The van der Waals surface area contributed by atoms with Crippen molar-refractivity contribution in [2.75, 3.05) is 0 Å². The predicted molar refractivity (Wildman–Crippen MR) is 93.6 cm³/mol. The highest BCUT2D eigenvalue weighted by atomic mass is 35.5. The van der Waals surface area contributed by atoms with Gasteiger partial charge in [-0.3, -0.25) is 14.9 Å². The molecule has 1 aliphatic heterocycles. The first-order chi connectivity index (χ1) is 11.9. The van der Waals surface area contributed by atoms with E-state index in [2.05, 4.69) is 5.32 Å². The first-order valence-electron chi connectivity index (χ1n) is 7.14. The number of hydrogen-bond donors (Lipinski definition) is 1. The van der Waals surface area contributed by atoms with E-state index in [1.807, 2.05) is 0 Å². The van der Waals surface area contributed by atoms with Gasteiger partial charge < -0.3 is 4.42 Å². The third kappa shape index (κ3) is 3.22. The number of nitrogens with zero attached hydrogens (tertiary/aromatic N) is 1. The van der Waals surface area contributed by atoms with E-state index in [0.717, 1.165) is 5.56 Å². The molecule has 124 valence electrons. The second-order valence-electron chi connectivity index (χ2n) is 5.28. The van der Waals surface area contributed by atoms with Crippen LogP contribution in [0.5, 0.6) is 0 Å². The molecule has 2 aromatic rings. The minimum absolute atomic E-state index is 0.0953. The smallest absolute Gasteiger partial charge is 0.269 e. The Morgan fingerprint density at radius 3 is 2.56 bits per heavy atom. The number of rotatable bonds is 2. The Balaban J connectivity index is 2.00. The molecular formula is C18H10Cl2N2O3. The number of carbonyl (C=O) groups is 2. The van der Waals surface area contributed by atoms with E-state index in [0.29, 0.717) is 27.1 Å². The van der Waals surface area contributed by atoms with E-state index in [1.165, 1.54) is 6.08 Å². The van der Waals surface area contributed by atoms with E-state index in [9.17, 15) is 9.59 Å². The van der Waals surface area contributed by atoms with Gasteiger partial charge in [-0.05, 0) is 48.9 Å². The third-order valence-electron chi connectivity index (χ3n) is 3.71. The Kier molecular flexibility index (Phi) is 4.49. The predicted octanol–water partition coefficient (Wildman–Crippen LogP) is 4.13. The highest BCUT2D eigenvalue weighted by Crippen LogP contribution is 2.30. The van der Waals surface area contributed by atoms with Crippen molar-refractivity contribution in [2.24, 2.45) is 0 Å². The average Bonchev–Trinajstić information content (AvgIpc) is 3.03. The summed E-state index contributed by atoms with van der Waals surface area (Å²) in [5, 5.41) is 12.0. The maximum absolute atomic E-state index is 12.0. The van der Waals surface area contributed by atoms with Crippen LogP contribution in [-0.4, -0.2) is 11.8 Å². The molecule has 0 saturated carbocycles. The van der Waals surface area contributed by atoms with Crippen LogP contribution in [0, 0.1) is 11.3 Å². The molecule has 0 saturated heterocycles. The molecule has 0 atom stereocenters. The molecule has 3 rings (SSSR count). The number of furan rings is 1. The van der Waals surface area contributed by atoms with Crippen molar-refractivity contribution >= 4 is 41.1 Å². The van der Waals surface area contributed by atoms with Crippen molar-refractivity contribution in [3.63, 3.8) is 0 Å². The molecule has 0 unspecified atom stereocenters. The monoisotopic (exact) mass is 372 g/mol. The van der Waals surface area contributed by atoms with Crippen LogP contribution in [0.1, 0.15) is 12.7 Å². The number of imide groups is 1. The van der Waals surface area contributed by atoms with Crippen LogP contribution in [0.15, 0.2) is 51.5 Å². The summed E-state index contributed by atoms with van der Waals surface area (Å²) in [5.41, 5.74) is 1.14. The zero-order valence-corrected chi connectivity index (χ0v) is 14.4. The molecule has 0 spiro atoms. The van der Waals surface area contributed by atoms with Crippen molar-refractivity contribution in [3.8, 4) is 17.4 Å². The Labute approximate surface area is 153 Å². The molecule has 0 fully saturated rings. The van der Waals surface area contributed by atoms with Gasteiger partial charge in [0, 0.05) is 11.1 Å². The Morgan fingerprint density at radius 2 is 1.88 bits per heavy atom. The van der Waals surface area contributed by atoms with Crippen LogP contribution < -0.4 is 5.32 Å². The summed E-state index contributed by atoms with van der Waals surface area (Å²) in [7, 11) is 0. The molecule has 0 bridgehead atoms. The Hall–Kier alpha value is -2.81. The molecule has 1 aromatic heterocycles. The van der Waals surface area contributed by atoms with Gasteiger partial charge in [0.15, 0.2) is 0 Å². The van der Waals surface area contributed by atoms with Crippen LogP contribution >= 0.6 is 23.2 Å². The molecule has 2 heterocycles. The lowest BCUT2D eigenvalue weighted by atomic mass is 9.96. The second kappa shape index (κ2) is 6.60. The van der Waals surface area contributed by atoms with Gasteiger partial charge in [0.25, 0.3) is 11.8 Å². The minimum Gasteiger partial charge on any atom is -0.457 e. The van der Waals surface area contributed by atoms with Crippen molar-refractivity contribution in [3.05, 3.63) is 62.9 Å². The minimum atomic E-state index is -0.696. The second-order valence-corrected chi connectivity index (χ2v) is 6.10. The molecule has 25 heavy (non-hydrogen) atoms. The quantitative estimate of drug-likeness (QED) is 0.634. The lowest BCUT2D eigenvalue weighted by Crippen LogP contribution is -2.37. The summed E-state index contributed by atoms with van der Waals surface area (Å²) in [5.74, 6) is -0.330. The van der Waals surface area contributed by atoms with Gasteiger partial charge in [0.2, 0.25) is 0 Å². The molecule has 5 nitrogen and oxygen atoms in total. The molecular weight excluding hydrogens is 363 g/mol. The van der Waals surface area contributed by atoms with Gasteiger partial charge in [-0.25, -0.2) is 0 Å². The van der Waals surface area contributed by atoms with Crippen LogP contribution in [0.2, 0.25) is 10.0 Å². The summed E-state index contributed by atoms with van der Waals surface area (Å²) in [6, 6.07) is 10.3. The Morgan fingerprint density at radius 1 is 1.12 bits per heavy atom. The van der Waals surface area contributed by atoms with Gasteiger partial charge >= 0.3 is 0 Å². The number of amides is 2. The average molecular weight is 373 g/mol. The molecule has 1 N–H and O–H groups in total. The largest absolute Gasteiger partial charge is 0.457 e. The van der Waals surface area contributed by atoms with Gasteiger partial charge in [-0.2, -0.15) is 5.26 Å². The lowest BCUT2D eigenvalue weighted by molar-refractivity contribution is -0.126. The molecule has 1 aromatic carbocycles. The summed E-state index contributed by atoms with van der Waals surface area (Å²) in [4.78, 5) is 23.6. The van der Waals surface area contributed by atoms with Crippen molar-refractivity contribution < 1.29 is 14.0 Å². The summed E-state index contributed by atoms with van der Waals surface area (Å²) >= 11 is 11.9. The van der Waals surface area contributed by atoms with Gasteiger partial charge in [-0.15, -0.1) is 0 Å². The summed E-state index contributed by atoms with van der Waals surface area (Å²) in [6.45, 7) is 1.55. The van der Waals surface area contributed by atoms with E-state index >= 15 is 0 Å². The number of nitriles is 1. The van der Waals surface area contributed by atoms with Crippen LogP contribution in [-0.2, 0) is 9.59 Å². The van der Waals surface area contributed by atoms with Crippen molar-refractivity contribution in [1.29, 1.82) is 5.26 Å². The van der Waals surface area contributed by atoms with Gasteiger partial charge in [-0.1, -0.05) is 23.2 Å². The van der Waals surface area contributed by atoms with E-state index in [-0.39, 0.29) is 11.1 Å². The maximum atomic E-state index is 12.0. The normalized spacial score (nSPS) is 16.2. The first kappa shape index (κ1) is 17.0. The first-order valence-corrected chi connectivity index (χ1v) is 7.90. The van der Waals surface area contributed by atoms with E-state index < -0.39 is 11.8 Å². The van der Waals surface area contributed by atoms with Crippen LogP contribution in [0.25, 0.3) is 17.4 Å². The number of hydrogen-bond acceptors (Lipinski definition) is 4. The highest BCUT2D eigenvalue weighted by Gasteiger charge is 2.27. The van der Waals surface area contributed by atoms with Crippen LogP contribution in [0.4, 0.5) is 0 Å². The SMILES string of the molecule is CC1=C(C#N)C(=O)NC(=O)C1=Cc1ccc(-c2ccc(Cl)c(Cl)c2)o1. The summed E-state index contributed by atoms with van der Waals surface area (Å²) in [6.07, 6.45) is 1.48. The van der Waals surface area contributed by atoms with E-state index in [1.54, 1.807) is 43.3 Å². The Bertz CT molecular complexity index is 1010. The molecule has 2 amide bonds. The topological polar surface area (TPSA) is 83.1 Å².